The third kappa shape index (κ3) is 3.26. The van der Waals surface area contributed by atoms with Crippen LogP contribution < -0.4 is 9.47 Å². The lowest BCUT2D eigenvalue weighted by Crippen LogP contribution is -2.12. The summed E-state index contributed by atoms with van der Waals surface area (Å²) in [6, 6.07) is 12.7. The molecule has 3 aromatic rings. The third-order valence-electron chi connectivity index (χ3n) is 3.67. The van der Waals surface area contributed by atoms with Crippen LogP contribution in [0.25, 0.3) is 10.8 Å². The van der Waals surface area contributed by atoms with Crippen LogP contribution in [-0.2, 0) is 0 Å². The minimum atomic E-state index is -0.628. The van der Waals surface area contributed by atoms with Gasteiger partial charge >= 0.3 is 0 Å². The van der Waals surface area contributed by atoms with E-state index in [1.54, 1.807) is 31.5 Å². The Balaban J connectivity index is 1.96. The Morgan fingerprint density at radius 3 is 2.75 bits per heavy atom. The van der Waals surface area contributed by atoms with E-state index in [2.05, 4.69) is 4.98 Å². The summed E-state index contributed by atoms with van der Waals surface area (Å²) in [5.74, 6) is 1.09. The first kappa shape index (κ1) is 16.8. The number of hydrogen-bond donors (Lipinski definition) is 1. The van der Waals surface area contributed by atoms with Gasteiger partial charge in [-0.15, -0.1) is 0 Å². The van der Waals surface area contributed by atoms with Gasteiger partial charge in [0, 0.05) is 17.1 Å². The van der Waals surface area contributed by atoms with E-state index in [4.69, 9.17) is 32.7 Å². The predicted molar refractivity (Wildman–Crippen MR) is 95.2 cm³/mol. The SMILES string of the molecule is COc1nccc2ccc(OC(CO)c3cccc(Cl)c3Cl)cc12. The van der Waals surface area contributed by atoms with Crippen LogP contribution in [0.4, 0.5) is 0 Å². The lowest BCUT2D eigenvalue weighted by molar-refractivity contribution is 0.116. The van der Waals surface area contributed by atoms with E-state index in [9.17, 15) is 5.11 Å². The van der Waals surface area contributed by atoms with Crippen molar-refractivity contribution < 1.29 is 14.6 Å². The number of benzene rings is 2. The molecule has 6 heteroatoms. The van der Waals surface area contributed by atoms with Crippen LogP contribution in [0.15, 0.2) is 48.7 Å². The largest absolute Gasteiger partial charge is 0.483 e. The van der Waals surface area contributed by atoms with E-state index >= 15 is 0 Å². The molecule has 24 heavy (non-hydrogen) atoms. The molecule has 0 amide bonds. The van der Waals surface area contributed by atoms with Crippen molar-refractivity contribution in [3.05, 3.63) is 64.3 Å². The lowest BCUT2D eigenvalue weighted by Gasteiger charge is -2.19. The Bertz CT molecular complexity index is 870. The highest BCUT2D eigenvalue weighted by molar-refractivity contribution is 6.42. The summed E-state index contributed by atoms with van der Waals surface area (Å²) >= 11 is 12.3. The first-order valence-electron chi connectivity index (χ1n) is 7.28. The van der Waals surface area contributed by atoms with E-state index in [1.165, 1.54) is 0 Å². The second-order valence-electron chi connectivity index (χ2n) is 5.14. The molecule has 0 aliphatic heterocycles. The monoisotopic (exact) mass is 363 g/mol. The van der Waals surface area contributed by atoms with Gasteiger partial charge in [-0.25, -0.2) is 4.98 Å². The molecular formula is C18H15Cl2NO3. The van der Waals surface area contributed by atoms with Gasteiger partial charge < -0.3 is 14.6 Å². The van der Waals surface area contributed by atoms with Crippen LogP contribution in [0.3, 0.4) is 0 Å². The molecule has 1 N–H and O–H groups in total. The summed E-state index contributed by atoms with van der Waals surface area (Å²) in [7, 11) is 1.57. The average Bonchev–Trinajstić information content (AvgIpc) is 2.61. The van der Waals surface area contributed by atoms with Gasteiger partial charge in [-0.3, -0.25) is 0 Å². The van der Waals surface area contributed by atoms with Gasteiger partial charge in [-0.05, 0) is 29.7 Å². The molecule has 124 valence electrons. The molecule has 0 aliphatic rings. The quantitative estimate of drug-likeness (QED) is 0.715. The second-order valence-corrected chi connectivity index (χ2v) is 5.92. The van der Waals surface area contributed by atoms with Crippen molar-refractivity contribution in [1.82, 2.24) is 4.98 Å². The van der Waals surface area contributed by atoms with Gasteiger partial charge in [0.1, 0.15) is 11.9 Å². The fourth-order valence-corrected chi connectivity index (χ4v) is 2.92. The Labute approximate surface area is 149 Å². The van der Waals surface area contributed by atoms with Crippen molar-refractivity contribution in [1.29, 1.82) is 0 Å². The van der Waals surface area contributed by atoms with Crippen LogP contribution in [-0.4, -0.2) is 23.8 Å². The van der Waals surface area contributed by atoms with E-state index in [-0.39, 0.29) is 6.61 Å². The van der Waals surface area contributed by atoms with Crippen LogP contribution in [0.5, 0.6) is 11.6 Å². The molecule has 0 bridgehead atoms. The summed E-state index contributed by atoms with van der Waals surface area (Å²) in [5.41, 5.74) is 0.630. The minimum absolute atomic E-state index is 0.234. The van der Waals surface area contributed by atoms with E-state index in [0.717, 1.165) is 10.8 Å². The fraction of sp³-hybridized carbons (Fsp3) is 0.167. The highest BCUT2D eigenvalue weighted by Gasteiger charge is 2.18. The van der Waals surface area contributed by atoms with E-state index in [1.807, 2.05) is 24.3 Å². The first-order valence-corrected chi connectivity index (χ1v) is 8.04. The van der Waals surface area contributed by atoms with Crippen molar-refractivity contribution in [2.75, 3.05) is 13.7 Å². The molecule has 1 aromatic heterocycles. The van der Waals surface area contributed by atoms with E-state index in [0.29, 0.717) is 27.2 Å². The number of aliphatic hydroxyl groups is 1. The Morgan fingerprint density at radius 2 is 2.00 bits per heavy atom. The van der Waals surface area contributed by atoms with Gasteiger partial charge in [0.15, 0.2) is 0 Å². The molecular weight excluding hydrogens is 349 g/mol. The molecule has 0 saturated carbocycles. The van der Waals surface area contributed by atoms with Crippen molar-refractivity contribution in [2.45, 2.75) is 6.10 Å². The van der Waals surface area contributed by atoms with Gasteiger partial charge in [0.25, 0.3) is 0 Å². The van der Waals surface area contributed by atoms with Crippen molar-refractivity contribution >= 4 is 34.0 Å². The highest BCUT2D eigenvalue weighted by Crippen LogP contribution is 2.34. The smallest absolute Gasteiger partial charge is 0.221 e. The number of ether oxygens (including phenoxy) is 2. The van der Waals surface area contributed by atoms with Gasteiger partial charge in [0.05, 0.1) is 23.8 Å². The second kappa shape index (κ2) is 7.26. The summed E-state index contributed by atoms with van der Waals surface area (Å²) in [6.45, 7) is -0.234. The number of pyridine rings is 1. The minimum Gasteiger partial charge on any atom is -0.483 e. The molecule has 4 nitrogen and oxygen atoms in total. The molecule has 0 spiro atoms. The number of methoxy groups -OCH3 is 1. The zero-order valence-corrected chi connectivity index (χ0v) is 14.4. The lowest BCUT2D eigenvalue weighted by atomic mass is 10.1. The van der Waals surface area contributed by atoms with Gasteiger partial charge in [-0.1, -0.05) is 41.4 Å². The van der Waals surface area contributed by atoms with Gasteiger partial charge in [0.2, 0.25) is 5.88 Å². The Hall–Kier alpha value is -2.01. The summed E-state index contributed by atoms with van der Waals surface area (Å²) < 4.78 is 11.2. The molecule has 0 fully saturated rings. The first-order chi connectivity index (χ1) is 11.6. The molecule has 1 unspecified atom stereocenters. The van der Waals surface area contributed by atoms with Gasteiger partial charge in [-0.2, -0.15) is 0 Å². The summed E-state index contributed by atoms with van der Waals surface area (Å²) in [6.07, 6.45) is 1.06. The van der Waals surface area contributed by atoms with Crippen molar-refractivity contribution in [3.63, 3.8) is 0 Å². The molecule has 3 rings (SSSR count). The number of hydrogen-bond acceptors (Lipinski definition) is 4. The van der Waals surface area contributed by atoms with Crippen molar-refractivity contribution in [2.24, 2.45) is 0 Å². The Morgan fingerprint density at radius 1 is 1.17 bits per heavy atom. The normalized spacial score (nSPS) is 12.2. The topological polar surface area (TPSA) is 51.6 Å². The number of aromatic nitrogens is 1. The zero-order chi connectivity index (χ0) is 17.1. The maximum Gasteiger partial charge on any atom is 0.221 e. The number of halogens is 2. The average molecular weight is 364 g/mol. The van der Waals surface area contributed by atoms with E-state index < -0.39 is 6.10 Å². The summed E-state index contributed by atoms with van der Waals surface area (Å²) in [5, 5.41) is 12.3. The molecule has 0 saturated heterocycles. The predicted octanol–water partition coefficient (Wildman–Crippen LogP) is 4.66. The fourth-order valence-electron chi connectivity index (χ4n) is 2.49. The number of fused-ring (bicyclic) bond motifs is 1. The highest BCUT2D eigenvalue weighted by atomic mass is 35.5. The number of rotatable bonds is 5. The van der Waals surface area contributed by atoms with Crippen molar-refractivity contribution in [3.8, 4) is 11.6 Å². The third-order valence-corrected chi connectivity index (χ3v) is 4.50. The number of nitrogens with zero attached hydrogens (tertiary/aromatic N) is 1. The van der Waals surface area contributed by atoms with Crippen LogP contribution in [0.1, 0.15) is 11.7 Å². The maximum atomic E-state index is 9.71. The number of aliphatic hydroxyl groups excluding tert-OH is 1. The maximum absolute atomic E-state index is 9.71. The molecule has 1 atom stereocenters. The van der Waals surface area contributed by atoms with Crippen LogP contribution >= 0.6 is 23.2 Å². The molecule has 1 heterocycles. The molecule has 2 aromatic carbocycles. The summed E-state index contributed by atoms with van der Waals surface area (Å²) in [4.78, 5) is 4.18. The zero-order valence-electron chi connectivity index (χ0n) is 12.9. The molecule has 0 aliphatic carbocycles. The van der Waals surface area contributed by atoms with Crippen LogP contribution in [0.2, 0.25) is 10.0 Å². The Kier molecular flexibility index (Phi) is 5.09. The van der Waals surface area contributed by atoms with Crippen LogP contribution in [0, 0.1) is 0 Å². The standard InChI is InChI=1S/C18H15Cl2NO3/c1-23-18-14-9-12(6-5-11(14)7-8-21-18)24-16(10-22)13-3-2-4-15(19)17(13)20/h2-9,16,22H,10H2,1H3. The molecule has 0 radical (unpaired) electrons.